The number of nitrogens with one attached hydrogen (secondary N) is 2. The second-order valence-corrected chi connectivity index (χ2v) is 6.06. The summed E-state index contributed by atoms with van der Waals surface area (Å²) in [6, 6.07) is 7.02. The van der Waals surface area contributed by atoms with E-state index in [1.54, 1.807) is 6.07 Å². The van der Waals surface area contributed by atoms with Crippen LogP contribution in [0.5, 0.6) is 0 Å². The Morgan fingerprint density at radius 2 is 1.96 bits per heavy atom. The van der Waals surface area contributed by atoms with Crippen LogP contribution in [0.3, 0.4) is 0 Å². The van der Waals surface area contributed by atoms with Crippen LogP contribution in [0, 0.1) is 5.82 Å². The van der Waals surface area contributed by atoms with Crippen LogP contribution in [0.15, 0.2) is 41.9 Å². The molecular weight excluding hydrogens is 444 g/mol. The maximum Gasteiger partial charge on any atom is 0.191 e. The Bertz CT molecular complexity index is 559. The zero-order valence-electron chi connectivity index (χ0n) is 15.6. The van der Waals surface area contributed by atoms with Crippen LogP contribution >= 0.6 is 24.0 Å². The van der Waals surface area contributed by atoms with Gasteiger partial charge in [0.25, 0.3) is 0 Å². The zero-order chi connectivity index (χ0) is 17.9. The molecule has 1 fully saturated rings. The van der Waals surface area contributed by atoms with Gasteiger partial charge in [0, 0.05) is 52.4 Å². The lowest BCUT2D eigenvalue weighted by Gasteiger charge is -2.36. The highest BCUT2D eigenvalue weighted by Crippen LogP contribution is 2.20. The molecular formula is C19H31FIN5. The smallest absolute Gasteiger partial charge is 0.191 e. The first-order chi connectivity index (χ1) is 12.2. The first kappa shape index (κ1) is 22.7. The molecule has 1 aliphatic rings. The Labute approximate surface area is 173 Å². The molecule has 26 heavy (non-hydrogen) atoms. The van der Waals surface area contributed by atoms with Gasteiger partial charge in [-0.3, -0.25) is 9.89 Å². The third-order valence-electron chi connectivity index (χ3n) is 4.23. The third kappa shape index (κ3) is 7.49. The number of aliphatic imine (C=N–C) groups is 1. The van der Waals surface area contributed by atoms with Crippen molar-refractivity contribution in [3.05, 3.63) is 42.7 Å². The number of guanidine groups is 1. The fourth-order valence-corrected chi connectivity index (χ4v) is 2.92. The maximum absolute atomic E-state index is 13.9. The number of para-hydroxylation sites is 1. The van der Waals surface area contributed by atoms with Gasteiger partial charge in [-0.1, -0.05) is 18.2 Å². The first-order valence-corrected chi connectivity index (χ1v) is 9.09. The van der Waals surface area contributed by atoms with Crippen LogP contribution < -0.4 is 15.5 Å². The van der Waals surface area contributed by atoms with Crippen LogP contribution in [0.1, 0.15) is 13.3 Å². The predicted molar refractivity (Wildman–Crippen MR) is 119 cm³/mol. The van der Waals surface area contributed by atoms with Crippen LogP contribution in [0.4, 0.5) is 10.1 Å². The number of halogens is 2. The summed E-state index contributed by atoms with van der Waals surface area (Å²) < 4.78 is 13.9. The van der Waals surface area contributed by atoms with Gasteiger partial charge in [0.15, 0.2) is 5.96 Å². The molecule has 7 heteroatoms. The molecule has 0 spiro atoms. The Morgan fingerprint density at radius 3 is 2.62 bits per heavy atom. The Balaban J connectivity index is 0.00000338. The van der Waals surface area contributed by atoms with Crippen molar-refractivity contribution in [3.63, 3.8) is 0 Å². The predicted octanol–water partition coefficient (Wildman–Crippen LogP) is 2.70. The van der Waals surface area contributed by atoms with E-state index in [-0.39, 0.29) is 29.8 Å². The molecule has 1 aliphatic heterocycles. The maximum atomic E-state index is 13.9. The monoisotopic (exact) mass is 475 g/mol. The number of nitrogens with zero attached hydrogens (tertiary/aromatic N) is 3. The molecule has 146 valence electrons. The van der Waals surface area contributed by atoms with Gasteiger partial charge >= 0.3 is 0 Å². The van der Waals surface area contributed by atoms with E-state index in [9.17, 15) is 4.39 Å². The molecule has 0 amide bonds. The third-order valence-corrected chi connectivity index (χ3v) is 4.23. The lowest BCUT2D eigenvalue weighted by molar-refractivity contribution is 0.256. The normalized spacial score (nSPS) is 15.3. The minimum absolute atomic E-state index is 0. The molecule has 0 atom stereocenters. The van der Waals surface area contributed by atoms with Crippen molar-refractivity contribution in [3.8, 4) is 0 Å². The van der Waals surface area contributed by atoms with Crippen LogP contribution in [0.25, 0.3) is 0 Å². The highest BCUT2D eigenvalue weighted by Gasteiger charge is 2.18. The minimum Gasteiger partial charge on any atom is -0.367 e. The fraction of sp³-hybridized carbons (Fsp3) is 0.526. The van der Waals surface area contributed by atoms with Crippen molar-refractivity contribution < 1.29 is 4.39 Å². The quantitative estimate of drug-likeness (QED) is 0.200. The summed E-state index contributed by atoms with van der Waals surface area (Å²) in [7, 11) is 0. The Kier molecular flexibility index (Phi) is 11.3. The van der Waals surface area contributed by atoms with Gasteiger partial charge in [0.1, 0.15) is 5.82 Å². The second-order valence-electron chi connectivity index (χ2n) is 6.06. The molecule has 1 heterocycles. The largest absolute Gasteiger partial charge is 0.367 e. The van der Waals surface area contributed by atoms with Crippen molar-refractivity contribution in [2.75, 3.05) is 57.3 Å². The molecule has 2 rings (SSSR count). The van der Waals surface area contributed by atoms with Gasteiger partial charge in [-0.05, 0) is 25.5 Å². The number of hydrogen-bond donors (Lipinski definition) is 2. The lowest BCUT2D eigenvalue weighted by Crippen LogP contribution is -2.47. The van der Waals surface area contributed by atoms with Gasteiger partial charge in [0.2, 0.25) is 0 Å². The van der Waals surface area contributed by atoms with Crippen molar-refractivity contribution in [1.29, 1.82) is 0 Å². The van der Waals surface area contributed by atoms with Gasteiger partial charge in [-0.15, -0.1) is 30.6 Å². The van der Waals surface area contributed by atoms with E-state index in [4.69, 9.17) is 0 Å². The summed E-state index contributed by atoms with van der Waals surface area (Å²) in [6.07, 6.45) is 2.84. The molecule has 1 saturated heterocycles. The number of hydrogen-bond acceptors (Lipinski definition) is 3. The fourth-order valence-electron chi connectivity index (χ4n) is 2.92. The molecule has 0 aromatic heterocycles. The molecule has 0 bridgehead atoms. The van der Waals surface area contributed by atoms with Crippen LogP contribution in [-0.4, -0.2) is 63.2 Å². The van der Waals surface area contributed by atoms with E-state index in [1.807, 2.05) is 18.2 Å². The van der Waals surface area contributed by atoms with Crippen LogP contribution in [0.2, 0.25) is 0 Å². The summed E-state index contributed by atoms with van der Waals surface area (Å²) in [4.78, 5) is 9.13. The van der Waals surface area contributed by atoms with Crippen molar-refractivity contribution >= 4 is 35.6 Å². The summed E-state index contributed by atoms with van der Waals surface area (Å²) in [5, 5.41) is 6.42. The van der Waals surface area contributed by atoms with E-state index in [2.05, 4.69) is 38.9 Å². The number of rotatable bonds is 8. The molecule has 1 aromatic carbocycles. The Hall–Kier alpha value is -1.35. The molecule has 5 nitrogen and oxygen atoms in total. The molecule has 2 N–H and O–H groups in total. The van der Waals surface area contributed by atoms with E-state index in [0.717, 1.165) is 63.9 Å². The minimum atomic E-state index is -0.131. The van der Waals surface area contributed by atoms with E-state index >= 15 is 0 Å². The second kappa shape index (κ2) is 12.9. The van der Waals surface area contributed by atoms with E-state index < -0.39 is 0 Å². The zero-order valence-corrected chi connectivity index (χ0v) is 17.9. The first-order valence-electron chi connectivity index (χ1n) is 9.09. The van der Waals surface area contributed by atoms with Gasteiger partial charge < -0.3 is 15.5 Å². The molecule has 0 aliphatic carbocycles. The molecule has 0 saturated carbocycles. The van der Waals surface area contributed by atoms with Crippen molar-refractivity contribution in [2.45, 2.75) is 13.3 Å². The highest BCUT2D eigenvalue weighted by molar-refractivity contribution is 14.0. The Morgan fingerprint density at radius 1 is 1.23 bits per heavy atom. The number of anilines is 1. The van der Waals surface area contributed by atoms with Crippen LogP contribution in [-0.2, 0) is 0 Å². The molecule has 0 unspecified atom stereocenters. The van der Waals surface area contributed by atoms with E-state index in [0.29, 0.717) is 6.54 Å². The average molecular weight is 475 g/mol. The van der Waals surface area contributed by atoms with Crippen molar-refractivity contribution in [1.82, 2.24) is 15.5 Å². The van der Waals surface area contributed by atoms with Crippen molar-refractivity contribution in [2.24, 2.45) is 4.99 Å². The number of benzene rings is 1. The van der Waals surface area contributed by atoms with Gasteiger partial charge in [0.05, 0.1) is 5.69 Å². The standard InChI is InChI=1S/C19H30FN5.HI/c1-3-10-22-19(21-4-2)23-11-7-12-24-13-15-25(16-14-24)18-9-6-5-8-17(18)20;/h3,5-6,8-9H,1,4,7,10-16H2,2H3,(H2,21,22,23);1H. The topological polar surface area (TPSA) is 42.9 Å². The highest BCUT2D eigenvalue weighted by atomic mass is 127. The van der Waals surface area contributed by atoms with Gasteiger partial charge in [-0.2, -0.15) is 0 Å². The molecule has 1 aromatic rings. The number of piperazine rings is 1. The summed E-state index contributed by atoms with van der Waals surface area (Å²) >= 11 is 0. The molecule has 0 radical (unpaired) electrons. The van der Waals surface area contributed by atoms with E-state index in [1.165, 1.54) is 6.07 Å². The summed E-state index contributed by atoms with van der Waals surface area (Å²) in [6.45, 7) is 12.8. The average Bonchev–Trinajstić information content (AvgIpc) is 2.64. The summed E-state index contributed by atoms with van der Waals surface area (Å²) in [5.41, 5.74) is 0.718. The SMILES string of the molecule is C=CCNC(=NCCCN1CCN(c2ccccc2F)CC1)NCC.I. The van der Waals surface area contributed by atoms with Gasteiger partial charge in [-0.25, -0.2) is 4.39 Å². The summed E-state index contributed by atoms with van der Waals surface area (Å²) in [5.74, 6) is 0.708. The lowest BCUT2D eigenvalue weighted by atomic mass is 10.2.